The number of benzene rings is 1. The van der Waals surface area contributed by atoms with Crippen LogP contribution in [0.5, 0.6) is 0 Å². The number of aryl methyl sites for hydroxylation is 2. The molecular formula is C16H21ClN4O2S. The van der Waals surface area contributed by atoms with Gasteiger partial charge in [0, 0.05) is 31.7 Å². The fraction of sp³-hybridized carbons (Fsp3) is 0.438. The van der Waals surface area contributed by atoms with E-state index >= 15 is 0 Å². The zero-order valence-electron chi connectivity index (χ0n) is 14.0. The van der Waals surface area contributed by atoms with E-state index in [1.165, 1.54) is 0 Å². The lowest BCUT2D eigenvalue weighted by atomic mass is 10.1. The molecule has 1 N–H and O–H groups in total. The summed E-state index contributed by atoms with van der Waals surface area (Å²) < 4.78 is 29.8. The molecule has 0 amide bonds. The second-order valence-electron chi connectivity index (χ2n) is 5.98. The van der Waals surface area contributed by atoms with Crippen molar-refractivity contribution in [1.29, 1.82) is 0 Å². The topological polar surface area (TPSA) is 67.2 Å². The summed E-state index contributed by atoms with van der Waals surface area (Å²) >= 11 is 6.32. The van der Waals surface area contributed by atoms with Crippen molar-refractivity contribution in [2.75, 3.05) is 19.6 Å². The third-order valence-corrected chi connectivity index (χ3v) is 6.97. The van der Waals surface area contributed by atoms with Crippen LogP contribution in [0.3, 0.4) is 0 Å². The van der Waals surface area contributed by atoms with E-state index in [0.29, 0.717) is 40.9 Å². The van der Waals surface area contributed by atoms with Crippen molar-refractivity contribution in [3.05, 3.63) is 46.2 Å². The number of sulfonamides is 1. The number of aromatic nitrogens is 2. The Balaban J connectivity index is 2.09. The molecule has 1 aromatic carbocycles. The quantitative estimate of drug-likeness (QED) is 0.900. The number of hydrogen-bond acceptors (Lipinski definition) is 4. The maximum Gasteiger partial charge on any atom is 0.247 e. The SMILES string of the molecule is Cc1nn(C)c(C)c1S(=O)(=O)N1CCNCC1c1ccccc1Cl. The summed E-state index contributed by atoms with van der Waals surface area (Å²) in [5.74, 6) is 0. The van der Waals surface area contributed by atoms with Crippen molar-refractivity contribution in [3.8, 4) is 0 Å². The van der Waals surface area contributed by atoms with Crippen molar-refractivity contribution < 1.29 is 8.42 Å². The highest BCUT2D eigenvalue weighted by Crippen LogP contribution is 2.34. The second-order valence-corrected chi connectivity index (χ2v) is 8.22. The fourth-order valence-corrected chi connectivity index (χ4v) is 5.50. The van der Waals surface area contributed by atoms with Crippen LogP contribution < -0.4 is 5.32 Å². The van der Waals surface area contributed by atoms with Crippen LogP contribution >= 0.6 is 11.6 Å². The first-order valence-electron chi connectivity index (χ1n) is 7.81. The van der Waals surface area contributed by atoms with E-state index in [2.05, 4.69) is 10.4 Å². The zero-order chi connectivity index (χ0) is 17.5. The number of nitrogens with zero attached hydrogens (tertiary/aromatic N) is 3. The van der Waals surface area contributed by atoms with Gasteiger partial charge in [0.1, 0.15) is 4.90 Å². The van der Waals surface area contributed by atoms with Crippen LogP contribution in [0, 0.1) is 13.8 Å². The largest absolute Gasteiger partial charge is 0.313 e. The lowest BCUT2D eigenvalue weighted by molar-refractivity contribution is 0.271. The van der Waals surface area contributed by atoms with Gasteiger partial charge in [0.2, 0.25) is 10.0 Å². The highest BCUT2D eigenvalue weighted by atomic mass is 35.5. The van der Waals surface area contributed by atoms with Gasteiger partial charge in [0.25, 0.3) is 0 Å². The van der Waals surface area contributed by atoms with Crippen LogP contribution in [-0.4, -0.2) is 42.1 Å². The molecule has 1 atom stereocenters. The third-order valence-electron chi connectivity index (χ3n) is 4.47. The highest BCUT2D eigenvalue weighted by molar-refractivity contribution is 7.89. The van der Waals surface area contributed by atoms with Gasteiger partial charge in [-0.1, -0.05) is 29.8 Å². The fourth-order valence-electron chi connectivity index (χ4n) is 3.23. The summed E-state index contributed by atoms with van der Waals surface area (Å²) in [7, 11) is -1.91. The van der Waals surface area contributed by atoms with Crippen LogP contribution in [0.25, 0.3) is 0 Å². The Hall–Kier alpha value is -1.41. The molecule has 1 aromatic heterocycles. The molecule has 6 nitrogen and oxygen atoms in total. The molecular weight excluding hydrogens is 348 g/mol. The molecule has 1 fully saturated rings. The molecule has 130 valence electrons. The van der Waals surface area contributed by atoms with Gasteiger partial charge in [0.05, 0.1) is 17.4 Å². The normalized spacial score (nSPS) is 19.6. The molecule has 0 saturated carbocycles. The number of nitrogens with one attached hydrogen (secondary N) is 1. The predicted octanol–water partition coefficient (Wildman–Crippen LogP) is 2.03. The molecule has 3 rings (SSSR count). The Kier molecular flexibility index (Phi) is 4.70. The van der Waals surface area contributed by atoms with Gasteiger partial charge in [-0.2, -0.15) is 9.40 Å². The molecule has 1 saturated heterocycles. The average molecular weight is 369 g/mol. The minimum atomic E-state index is -3.67. The van der Waals surface area contributed by atoms with Crippen molar-refractivity contribution in [2.45, 2.75) is 24.8 Å². The summed E-state index contributed by atoms with van der Waals surface area (Å²) in [5, 5.41) is 8.09. The summed E-state index contributed by atoms with van der Waals surface area (Å²) in [6, 6.07) is 7.05. The van der Waals surface area contributed by atoms with Crippen molar-refractivity contribution in [1.82, 2.24) is 19.4 Å². The summed E-state index contributed by atoms with van der Waals surface area (Å²) in [5.41, 5.74) is 1.98. The first-order chi connectivity index (χ1) is 11.3. The zero-order valence-corrected chi connectivity index (χ0v) is 15.5. The van der Waals surface area contributed by atoms with E-state index in [9.17, 15) is 8.42 Å². The van der Waals surface area contributed by atoms with E-state index in [-0.39, 0.29) is 6.04 Å². The molecule has 2 aromatic rings. The minimum Gasteiger partial charge on any atom is -0.313 e. The van der Waals surface area contributed by atoms with Crippen molar-refractivity contribution in [2.24, 2.45) is 7.05 Å². The summed E-state index contributed by atoms with van der Waals surface area (Å²) in [6.45, 7) is 5.04. The Morgan fingerprint density at radius 2 is 2.00 bits per heavy atom. The standard InChI is InChI=1S/C16H21ClN4O2S/c1-11-16(12(2)20(3)19-11)24(22,23)21-9-8-18-10-15(21)13-6-4-5-7-14(13)17/h4-7,15,18H,8-10H2,1-3H3. The average Bonchev–Trinajstić information content (AvgIpc) is 2.81. The van der Waals surface area contributed by atoms with Crippen LogP contribution in [0.4, 0.5) is 0 Å². The van der Waals surface area contributed by atoms with Gasteiger partial charge in [-0.05, 0) is 25.5 Å². The Morgan fingerprint density at radius 1 is 1.29 bits per heavy atom. The van der Waals surface area contributed by atoms with Crippen LogP contribution in [0.15, 0.2) is 29.2 Å². The van der Waals surface area contributed by atoms with E-state index in [1.54, 1.807) is 35.9 Å². The summed E-state index contributed by atoms with van der Waals surface area (Å²) in [4.78, 5) is 0.295. The van der Waals surface area contributed by atoms with Gasteiger partial charge < -0.3 is 5.32 Å². The van der Waals surface area contributed by atoms with Crippen LogP contribution in [-0.2, 0) is 17.1 Å². The first-order valence-corrected chi connectivity index (χ1v) is 9.63. The molecule has 2 heterocycles. The van der Waals surface area contributed by atoms with Crippen LogP contribution in [0.2, 0.25) is 5.02 Å². The lowest BCUT2D eigenvalue weighted by Gasteiger charge is -2.35. The predicted molar refractivity (Wildman–Crippen MR) is 93.6 cm³/mol. The number of piperazine rings is 1. The van der Waals surface area contributed by atoms with Crippen molar-refractivity contribution >= 4 is 21.6 Å². The maximum absolute atomic E-state index is 13.3. The molecule has 0 aliphatic carbocycles. The van der Waals surface area contributed by atoms with E-state index in [0.717, 1.165) is 5.56 Å². The van der Waals surface area contributed by atoms with Gasteiger partial charge in [-0.25, -0.2) is 8.42 Å². The van der Waals surface area contributed by atoms with E-state index < -0.39 is 10.0 Å². The molecule has 1 unspecified atom stereocenters. The Bertz CT molecular complexity index is 863. The van der Waals surface area contributed by atoms with Crippen LogP contribution in [0.1, 0.15) is 23.0 Å². The smallest absolute Gasteiger partial charge is 0.247 e. The van der Waals surface area contributed by atoms with Gasteiger partial charge in [-0.3, -0.25) is 4.68 Å². The number of rotatable bonds is 3. The molecule has 0 bridgehead atoms. The molecule has 8 heteroatoms. The third kappa shape index (κ3) is 2.86. The Morgan fingerprint density at radius 3 is 2.62 bits per heavy atom. The minimum absolute atomic E-state index is 0.295. The monoisotopic (exact) mass is 368 g/mol. The maximum atomic E-state index is 13.3. The van der Waals surface area contributed by atoms with Gasteiger partial charge in [-0.15, -0.1) is 0 Å². The number of halogens is 1. The molecule has 1 aliphatic heterocycles. The second kappa shape index (κ2) is 6.48. The highest BCUT2D eigenvalue weighted by Gasteiger charge is 2.38. The molecule has 1 aliphatic rings. The van der Waals surface area contributed by atoms with E-state index in [1.807, 2.05) is 18.2 Å². The molecule has 0 radical (unpaired) electrons. The lowest BCUT2D eigenvalue weighted by Crippen LogP contribution is -2.48. The van der Waals surface area contributed by atoms with E-state index in [4.69, 9.17) is 11.6 Å². The first kappa shape index (κ1) is 17.4. The van der Waals surface area contributed by atoms with Crippen molar-refractivity contribution in [3.63, 3.8) is 0 Å². The van der Waals surface area contributed by atoms with Gasteiger partial charge in [0.15, 0.2) is 0 Å². The molecule has 24 heavy (non-hydrogen) atoms. The number of hydrogen-bond donors (Lipinski definition) is 1. The molecule has 0 spiro atoms. The summed E-state index contributed by atoms with van der Waals surface area (Å²) in [6.07, 6.45) is 0. The van der Waals surface area contributed by atoms with Gasteiger partial charge >= 0.3 is 0 Å². The Labute approximate surface area is 147 Å².